The van der Waals surface area contributed by atoms with E-state index in [9.17, 15) is 14.0 Å². The Morgan fingerprint density at radius 2 is 1.73 bits per heavy atom. The van der Waals surface area contributed by atoms with Crippen LogP contribution in [0.2, 0.25) is 0 Å². The Balaban J connectivity index is -0.000000766. The SMILES string of the molecule is C#C.CC.CC.CC(C)=N.CC1CCC(=O)NC1.Cc1ncc(C(CCCCC(C)(C)F)NC(=O)OCc2ccccc2)[nH]1. The van der Waals surface area contributed by atoms with E-state index in [0.717, 1.165) is 49.3 Å². The fourth-order valence-corrected chi connectivity index (χ4v) is 3.58. The lowest BCUT2D eigenvalue weighted by molar-refractivity contribution is -0.122. The molecule has 2 atom stereocenters. The number of imidazole rings is 1. The molecule has 0 aliphatic carbocycles. The second-order valence-electron chi connectivity index (χ2n) is 10.6. The molecule has 250 valence electrons. The number of hydrogen-bond donors (Lipinski definition) is 4. The first-order chi connectivity index (χ1) is 20.9. The molecule has 0 bridgehead atoms. The minimum atomic E-state index is -1.16. The van der Waals surface area contributed by atoms with E-state index in [0.29, 0.717) is 24.5 Å². The molecule has 1 aliphatic rings. The van der Waals surface area contributed by atoms with Crippen molar-refractivity contribution in [3.8, 4) is 12.8 Å². The van der Waals surface area contributed by atoms with E-state index in [1.807, 2.05) is 65.0 Å². The first-order valence-electron chi connectivity index (χ1n) is 15.6. The van der Waals surface area contributed by atoms with Crippen LogP contribution in [0.3, 0.4) is 0 Å². The predicted octanol–water partition coefficient (Wildman–Crippen LogP) is 8.87. The zero-order valence-electron chi connectivity index (χ0n) is 29.0. The summed E-state index contributed by atoms with van der Waals surface area (Å²) in [6.45, 7) is 19.8. The number of carbonyl (C=O) groups is 2. The number of halogens is 1. The van der Waals surface area contributed by atoms with E-state index >= 15 is 0 Å². The zero-order valence-corrected chi connectivity index (χ0v) is 29.0. The molecule has 1 fully saturated rings. The average Bonchev–Trinajstić information content (AvgIpc) is 3.44. The van der Waals surface area contributed by atoms with Gasteiger partial charge in [0.1, 0.15) is 18.1 Å². The van der Waals surface area contributed by atoms with Crippen LogP contribution in [0.1, 0.15) is 124 Å². The first-order valence-corrected chi connectivity index (χ1v) is 15.6. The van der Waals surface area contributed by atoms with E-state index in [1.54, 1.807) is 33.9 Å². The molecule has 9 heteroatoms. The molecule has 44 heavy (non-hydrogen) atoms. The summed E-state index contributed by atoms with van der Waals surface area (Å²) in [5.74, 6) is 1.69. The molecule has 1 aliphatic heterocycles. The van der Waals surface area contributed by atoms with E-state index < -0.39 is 11.8 Å². The van der Waals surface area contributed by atoms with Crippen LogP contribution in [0.5, 0.6) is 0 Å². The summed E-state index contributed by atoms with van der Waals surface area (Å²) in [5, 5.41) is 12.2. The number of benzene rings is 1. The Kier molecular flexibility index (Phi) is 28.6. The number of aromatic amines is 1. The number of nitrogens with one attached hydrogen (secondary N) is 4. The number of aromatic nitrogens is 2. The number of carbonyl (C=O) groups excluding carboxylic acids is 2. The maximum atomic E-state index is 13.6. The molecule has 2 aromatic rings. The molecule has 4 N–H and O–H groups in total. The highest BCUT2D eigenvalue weighted by molar-refractivity contribution is 5.76. The van der Waals surface area contributed by atoms with Gasteiger partial charge in [0.15, 0.2) is 0 Å². The van der Waals surface area contributed by atoms with Crippen molar-refractivity contribution >= 4 is 17.7 Å². The number of nitrogens with zero attached hydrogens (tertiary/aromatic N) is 1. The molecule has 0 spiro atoms. The van der Waals surface area contributed by atoms with Gasteiger partial charge in [-0.05, 0) is 65.4 Å². The van der Waals surface area contributed by atoms with E-state index in [4.69, 9.17) is 10.1 Å². The van der Waals surface area contributed by atoms with E-state index in [-0.39, 0.29) is 18.6 Å². The largest absolute Gasteiger partial charge is 0.445 e. The van der Waals surface area contributed by atoms with Crippen molar-refractivity contribution in [3.05, 3.63) is 53.6 Å². The summed E-state index contributed by atoms with van der Waals surface area (Å²) < 4.78 is 18.9. The Morgan fingerprint density at radius 3 is 2.16 bits per heavy atom. The van der Waals surface area contributed by atoms with Crippen LogP contribution < -0.4 is 10.6 Å². The summed E-state index contributed by atoms with van der Waals surface area (Å²) >= 11 is 0. The third-order valence-electron chi connectivity index (χ3n) is 5.63. The molecular formula is C35H60FN5O3. The number of piperidine rings is 1. The average molecular weight is 618 g/mol. The summed E-state index contributed by atoms with van der Waals surface area (Å²) in [6, 6.07) is 9.29. The fraction of sp³-hybridized carbons (Fsp3) is 0.600. The number of amides is 2. The lowest BCUT2D eigenvalue weighted by atomic mass is 10.00. The third kappa shape index (κ3) is 27.2. The quantitative estimate of drug-likeness (QED) is 0.128. The number of aryl methyl sites for hydroxylation is 1. The van der Waals surface area contributed by atoms with Crippen molar-refractivity contribution in [1.82, 2.24) is 20.6 Å². The molecule has 0 saturated carbocycles. The Hall–Kier alpha value is -3.67. The number of ether oxygens (including phenoxy) is 1. The van der Waals surface area contributed by atoms with Crippen LogP contribution in [-0.4, -0.2) is 39.9 Å². The van der Waals surface area contributed by atoms with Gasteiger partial charge in [-0.25, -0.2) is 14.2 Å². The van der Waals surface area contributed by atoms with Crippen LogP contribution >= 0.6 is 0 Å². The molecule has 2 unspecified atom stereocenters. The molecule has 2 amide bonds. The highest BCUT2D eigenvalue weighted by Gasteiger charge is 2.19. The predicted molar refractivity (Wildman–Crippen MR) is 183 cm³/mol. The number of alkyl halides is 1. The van der Waals surface area contributed by atoms with Crippen molar-refractivity contribution in [2.75, 3.05) is 6.54 Å². The molecule has 1 aromatic heterocycles. The lowest BCUT2D eigenvalue weighted by Gasteiger charge is -2.18. The Labute approximate surface area is 267 Å². The standard InChI is InChI=1S/C20H28FN3O2.C6H11NO.C3H7N.2C2H6.C2H2/c1-15-22-13-18(23-15)17(11-7-8-12-20(2,3)21)24-19(25)26-14-16-9-5-4-6-10-16;1-5-2-3-6(8)7-4-5;1-3(2)4;3*1-2/h4-6,9-10,13,17H,7-8,11-12,14H2,1-3H3,(H,22,23)(H,24,25);5H,2-4H2,1H3,(H,7,8);4H,1-2H3;2*1-2H3;1-2H. The normalized spacial score (nSPS) is 13.8. The molecule has 0 radical (unpaired) electrons. The number of rotatable bonds is 9. The van der Waals surface area contributed by atoms with Gasteiger partial charge < -0.3 is 25.8 Å². The Bertz CT molecular complexity index is 1000. The van der Waals surface area contributed by atoms with Crippen molar-refractivity contribution in [2.24, 2.45) is 5.92 Å². The maximum absolute atomic E-state index is 13.6. The first kappa shape index (κ1) is 44.8. The van der Waals surface area contributed by atoms with Crippen LogP contribution in [0, 0.1) is 31.1 Å². The number of H-pyrrole nitrogens is 1. The van der Waals surface area contributed by atoms with Gasteiger partial charge in [0.25, 0.3) is 0 Å². The van der Waals surface area contributed by atoms with Crippen molar-refractivity contribution < 1.29 is 18.7 Å². The van der Waals surface area contributed by atoms with E-state index in [2.05, 4.69) is 40.4 Å². The van der Waals surface area contributed by atoms with Crippen LogP contribution in [0.25, 0.3) is 0 Å². The molecule has 2 heterocycles. The zero-order chi connectivity index (χ0) is 34.6. The van der Waals surface area contributed by atoms with E-state index in [1.165, 1.54) is 0 Å². The summed E-state index contributed by atoms with van der Waals surface area (Å²) in [6.07, 6.45) is 13.8. The van der Waals surface area contributed by atoms with Gasteiger partial charge in [0.2, 0.25) is 5.91 Å². The van der Waals surface area contributed by atoms with Crippen LogP contribution in [0.4, 0.5) is 9.18 Å². The lowest BCUT2D eigenvalue weighted by Crippen LogP contribution is -2.33. The van der Waals surface area contributed by atoms with Gasteiger partial charge in [-0.2, -0.15) is 0 Å². The summed E-state index contributed by atoms with van der Waals surface area (Å²) in [5.41, 5.74) is 1.27. The third-order valence-corrected chi connectivity index (χ3v) is 5.63. The van der Waals surface area contributed by atoms with Crippen molar-refractivity contribution in [3.63, 3.8) is 0 Å². The van der Waals surface area contributed by atoms with Crippen molar-refractivity contribution in [1.29, 1.82) is 5.41 Å². The van der Waals surface area contributed by atoms with Gasteiger partial charge in [-0.3, -0.25) is 4.79 Å². The maximum Gasteiger partial charge on any atom is 0.408 e. The van der Waals surface area contributed by atoms with Gasteiger partial charge in [0, 0.05) is 18.7 Å². The highest BCUT2D eigenvalue weighted by Crippen LogP contribution is 2.22. The van der Waals surface area contributed by atoms with Gasteiger partial charge >= 0.3 is 6.09 Å². The minimum Gasteiger partial charge on any atom is -0.445 e. The second kappa shape index (κ2) is 28.1. The Morgan fingerprint density at radius 1 is 1.16 bits per heavy atom. The number of alkyl carbamates (subject to hydrolysis) is 1. The highest BCUT2D eigenvalue weighted by atomic mass is 19.1. The molecule has 8 nitrogen and oxygen atoms in total. The number of terminal acetylenes is 1. The van der Waals surface area contributed by atoms with Gasteiger partial charge in [-0.1, -0.05) is 77.8 Å². The van der Waals surface area contributed by atoms with Crippen molar-refractivity contribution in [2.45, 2.75) is 126 Å². The van der Waals surface area contributed by atoms with Gasteiger partial charge in [0.05, 0.1) is 17.9 Å². The van der Waals surface area contributed by atoms with Crippen LogP contribution in [-0.2, 0) is 16.1 Å². The van der Waals surface area contributed by atoms with Crippen LogP contribution in [0.15, 0.2) is 36.5 Å². The topological polar surface area (TPSA) is 120 Å². The summed E-state index contributed by atoms with van der Waals surface area (Å²) in [7, 11) is 0. The fourth-order valence-electron chi connectivity index (χ4n) is 3.58. The summed E-state index contributed by atoms with van der Waals surface area (Å²) in [4.78, 5) is 30.0. The molecule has 1 saturated heterocycles. The smallest absolute Gasteiger partial charge is 0.408 e. The molecule has 1 aromatic carbocycles. The minimum absolute atomic E-state index is 0.211. The van der Waals surface area contributed by atoms with Gasteiger partial charge in [-0.15, -0.1) is 12.8 Å². The number of unbranched alkanes of at least 4 members (excludes halogenated alkanes) is 1. The monoisotopic (exact) mass is 617 g/mol. The number of hydrogen-bond acceptors (Lipinski definition) is 5. The second-order valence-corrected chi connectivity index (χ2v) is 10.6. The molecular weight excluding hydrogens is 557 g/mol. The molecule has 3 rings (SSSR count).